The van der Waals surface area contributed by atoms with Crippen molar-refractivity contribution in [2.75, 3.05) is 25.9 Å². The average molecular weight is 252 g/mol. The first-order chi connectivity index (χ1) is 8.61. The number of aromatic nitrogens is 2. The van der Waals surface area contributed by atoms with Crippen LogP contribution in [0.1, 0.15) is 31.9 Å². The predicted octanol–water partition coefficient (Wildman–Crippen LogP) is 1.66. The van der Waals surface area contributed by atoms with Crippen LogP contribution in [0.4, 0.5) is 5.69 Å². The van der Waals surface area contributed by atoms with E-state index in [1.807, 2.05) is 11.6 Å². The zero-order chi connectivity index (χ0) is 13.1. The van der Waals surface area contributed by atoms with Crippen LogP contribution in [0.15, 0.2) is 0 Å². The van der Waals surface area contributed by atoms with Crippen LogP contribution in [0.2, 0.25) is 0 Å². The van der Waals surface area contributed by atoms with Crippen molar-refractivity contribution < 1.29 is 4.74 Å². The highest BCUT2D eigenvalue weighted by Crippen LogP contribution is 2.28. The largest absolute Gasteiger partial charge is 0.473 e. The predicted molar refractivity (Wildman–Crippen MR) is 72.8 cm³/mol. The molecule has 5 heteroatoms. The molecule has 1 aliphatic heterocycles. The number of hydrogen-bond acceptors (Lipinski definition) is 4. The molecule has 18 heavy (non-hydrogen) atoms. The highest BCUT2D eigenvalue weighted by molar-refractivity contribution is 5.52. The number of likely N-dealkylation sites (tertiary alicyclic amines) is 1. The van der Waals surface area contributed by atoms with Crippen LogP contribution in [-0.2, 0) is 6.54 Å². The third kappa shape index (κ3) is 2.77. The number of hydrogen-bond donors (Lipinski definition) is 1. The molecule has 1 fully saturated rings. The maximum absolute atomic E-state index is 6.09. The van der Waals surface area contributed by atoms with Gasteiger partial charge in [0.1, 0.15) is 11.8 Å². The molecule has 0 unspecified atom stereocenters. The van der Waals surface area contributed by atoms with Gasteiger partial charge in [0.15, 0.2) is 0 Å². The Hall–Kier alpha value is -1.23. The van der Waals surface area contributed by atoms with Crippen molar-refractivity contribution in [2.24, 2.45) is 0 Å². The molecule has 0 bridgehead atoms. The van der Waals surface area contributed by atoms with Gasteiger partial charge in [-0.1, -0.05) is 6.92 Å². The summed E-state index contributed by atoms with van der Waals surface area (Å²) in [5, 5.41) is 4.44. The SMILES string of the molecule is CCCn1nc(C)c(N)c1OC1CCN(C)CC1. The first-order valence-corrected chi connectivity index (χ1v) is 6.80. The number of nitrogens with two attached hydrogens (primary N) is 1. The minimum Gasteiger partial charge on any atom is -0.473 e. The summed E-state index contributed by atoms with van der Waals surface area (Å²) in [4.78, 5) is 2.33. The van der Waals surface area contributed by atoms with Gasteiger partial charge in [-0.05, 0) is 33.2 Å². The third-order valence-corrected chi connectivity index (χ3v) is 3.50. The smallest absolute Gasteiger partial charge is 0.236 e. The number of anilines is 1. The zero-order valence-electron chi connectivity index (χ0n) is 11.6. The number of rotatable bonds is 4. The van der Waals surface area contributed by atoms with E-state index in [0.29, 0.717) is 5.69 Å². The number of ether oxygens (including phenoxy) is 1. The Labute approximate surface area is 109 Å². The average Bonchev–Trinajstić information content (AvgIpc) is 2.60. The Morgan fingerprint density at radius 3 is 2.67 bits per heavy atom. The summed E-state index contributed by atoms with van der Waals surface area (Å²) >= 11 is 0. The van der Waals surface area contributed by atoms with Crippen LogP contribution in [-0.4, -0.2) is 40.9 Å². The van der Waals surface area contributed by atoms with Crippen LogP contribution in [0.3, 0.4) is 0 Å². The van der Waals surface area contributed by atoms with Gasteiger partial charge in [0.05, 0.1) is 5.69 Å². The molecule has 0 aliphatic carbocycles. The number of piperidine rings is 1. The maximum Gasteiger partial charge on any atom is 0.236 e. The quantitative estimate of drug-likeness (QED) is 0.885. The van der Waals surface area contributed by atoms with Gasteiger partial charge < -0.3 is 15.4 Å². The summed E-state index contributed by atoms with van der Waals surface area (Å²) in [6.07, 6.45) is 3.43. The summed E-state index contributed by atoms with van der Waals surface area (Å²) in [6.45, 7) is 7.10. The van der Waals surface area contributed by atoms with Gasteiger partial charge in [-0.25, -0.2) is 4.68 Å². The van der Waals surface area contributed by atoms with E-state index in [2.05, 4.69) is 24.0 Å². The van der Waals surface area contributed by atoms with Crippen molar-refractivity contribution >= 4 is 5.69 Å². The van der Waals surface area contributed by atoms with Crippen LogP contribution in [0.25, 0.3) is 0 Å². The molecule has 102 valence electrons. The van der Waals surface area contributed by atoms with Gasteiger partial charge in [0.2, 0.25) is 5.88 Å². The Kier molecular flexibility index (Phi) is 4.11. The third-order valence-electron chi connectivity index (χ3n) is 3.50. The van der Waals surface area contributed by atoms with E-state index in [1.165, 1.54) is 0 Å². The lowest BCUT2D eigenvalue weighted by Crippen LogP contribution is -2.36. The molecular formula is C13H24N4O. The van der Waals surface area contributed by atoms with Gasteiger partial charge in [-0.2, -0.15) is 5.10 Å². The Morgan fingerprint density at radius 2 is 2.06 bits per heavy atom. The van der Waals surface area contributed by atoms with E-state index in [9.17, 15) is 0 Å². The van der Waals surface area contributed by atoms with Crippen molar-refractivity contribution in [1.82, 2.24) is 14.7 Å². The molecule has 1 aromatic heterocycles. The molecule has 2 N–H and O–H groups in total. The lowest BCUT2D eigenvalue weighted by molar-refractivity contribution is 0.105. The van der Waals surface area contributed by atoms with Gasteiger partial charge in [0.25, 0.3) is 0 Å². The zero-order valence-corrected chi connectivity index (χ0v) is 11.6. The van der Waals surface area contributed by atoms with Gasteiger partial charge in [0, 0.05) is 19.6 Å². The van der Waals surface area contributed by atoms with Crippen LogP contribution < -0.4 is 10.5 Å². The monoisotopic (exact) mass is 252 g/mol. The molecule has 1 saturated heterocycles. The topological polar surface area (TPSA) is 56.3 Å². The van der Waals surface area contributed by atoms with Gasteiger partial charge >= 0.3 is 0 Å². The van der Waals surface area contributed by atoms with Crippen molar-refractivity contribution in [3.8, 4) is 5.88 Å². The second-order valence-corrected chi connectivity index (χ2v) is 5.15. The first-order valence-electron chi connectivity index (χ1n) is 6.80. The molecule has 1 aliphatic rings. The Balaban J connectivity index is 2.07. The minimum atomic E-state index is 0.273. The minimum absolute atomic E-state index is 0.273. The summed E-state index contributed by atoms with van der Waals surface area (Å²) < 4.78 is 7.99. The van der Waals surface area contributed by atoms with Gasteiger partial charge in [-0.15, -0.1) is 0 Å². The fourth-order valence-electron chi connectivity index (χ4n) is 2.32. The van der Waals surface area contributed by atoms with E-state index < -0.39 is 0 Å². The van der Waals surface area contributed by atoms with Crippen molar-refractivity contribution in [3.63, 3.8) is 0 Å². The number of nitrogen functional groups attached to an aromatic ring is 1. The number of aryl methyl sites for hydroxylation is 2. The first kappa shape index (κ1) is 13.2. The summed E-state index contributed by atoms with van der Waals surface area (Å²) in [5.74, 6) is 0.768. The van der Waals surface area contributed by atoms with Crippen molar-refractivity contribution in [2.45, 2.75) is 45.8 Å². The molecule has 0 saturated carbocycles. The van der Waals surface area contributed by atoms with Crippen LogP contribution >= 0.6 is 0 Å². The van der Waals surface area contributed by atoms with E-state index in [1.54, 1.807) is 0 Å². The molecule has 1 aromatic rings. The summed E-state index contributed by atoms with van der Waals surface area (Å²) in [5.41, 5.74) is 7.62. The molecule has 0 aromatic carbocycles. The molecule has 0 radical (unpaired) electrons. The van der Waals surface area contributed by atoms with Crippen molar-refractivity contribution in [1.29, 1.82) is 0 Å². The summed E-state index contributed by atoms with van der Waals surface area (Å²) in [7, 11) is 2.15. The highest BCUT2D eigenvalue weighted by atomic mass is 16.5. The van der Waals surface area contributed by atoms with E-state index in [-0.39, 0.29) is 6.10 Å². The Morgan fingerprint density at radius 1 is 1.39 bits per heavy atom. The van der Waals surface area contributed by atoms with E-state index in [4.69, 9.17) is 10.5 Å². The molecule has 0 spiro atoms. The van der Waals surface area contributed by atoms with Crippen LogP contribution in [0.5, 0.6) is 5.88 Å². The molecule has 2 heterocycles. The standard InChI is InChI=1S/C13H24N4O/c1-4-7-17-13(12(14)10(2)15-17)18-11-5-8-16(3)9-6-11/h11H,4-9,14H2,1-3H3. The van der Waals surface area contributed by atoms with E-state index in [0.717, 1.165) is 50.5 Å². The van der Waals surface area contributed by atoms with E-state index >= 15 is 0 Å². The molecule has 2 rings (SSSR count). The lowest BCUT2D eigenvalue weighted by atomic mass is 10.1. The molecular weight excluding hydrogens is 228 g/mol. The lowest BCUT2D eigenvalue weighted by Gasteiger charge is -2.29. The molecule has 0 amide bonds. The number of nitrogens with zero attached hydrogens (tertiary/aromatic N) is 3. The fraction of sp³-hybridized carbons (Fsp3) is 0.769. The maximum atomic E-state index is 6.09. The second kappa shape index (κ2) is 5.61. The fourth-order valence-corrected chi connectivity index (χ4v) is 2.32. The van der Waals surface area contributed by atoms with Crippen LogP contribution in [0, 0.1) is 6.92 Å². The molecule has 5 nitrogen and oxygen atoms in total. The summed E-state index contributed by atoms with van der Waals surface area (Å²) in [6, 6.07) is 0. The normalized spacial score (nSPS) is 18.2. The Bertz CT molecular complexity index is 394. The second-order valence-electron chi connectivity index (χ2n) is 5.15. The highest BCUT2D eigenvalue weighted by Gasteiger charge is 2.22. The molecule has 0 atom stereocenters. The van der Waals surface area contributed by atoms with Gasteiger partial charge in [-0.3, -0.25) is 0 Å². The van der Waals surface area contributed by atoms with Crippen molar-refractivity contribution in [3.05, 3.63) is 5.69 Å².